The first kappa shape index (κ1) is 17.1. The van der Waals surface area contributed by atoms with Crippen molar-refractivity contribution in [3.05, 3.63) is 72.2 Å². The van der Waals surface area contributed by atoms with Crippen molar-refractivity contribution in [1.82, 2.24) is 14.4 Å². The Labute approximate surface area is 152 Å². The number of phenols is 1. The molecular weight excluding hydrogens is 355 g/mol. The van der Waals surface area contributed by atoms with Gasteiger partial charge in [-0.15, -0.1) is 0 Å². The molecule has 0 saturated heterocycles. The molecule has 0 atom stereocenters. The summed E-state index contributed by atoms with van der Waals surface area (Å²) in [5.74, 6) is 0.150. The number of nitrogens with zero attached hydrogens (tertiary/aromatic N) is 3. The number of fused-ring (bicyclic) bond motifs is 1. The highest BCUT2D eigenvalue weighted by atomic mass is 19.4. The Morgan fingerprint density at radius 3 is 2.44 bits per heavy atom. The van der Waals surface area contributed by atoms with Crippen molar-refractivity contribution in [2.45, 2.75) is 13.1 Å². The van der Waals surface area contributed by atoms with E-state index in [0.717, 1.165) is 29.1 Å². The van der Waals surface area contributed by atoms with E-state index >= 15 is 0 Å². The van der Waals surface area contributed by atoms with Crippen LogP contribution in [0.1, 0.15) is 11.3 Å². The van der Waals surface area contributed by atoms with Gasteiger partial charge in [-0.3, -0.25) is 9.38 Å². The number of aryl methyl sites for hydroxylation is 1. The molecule has 4 rings (SSSR count). The molecule has 7 heteroatoms. The van der Waals surface area contributed by atoms with Crippen LogP contribution in [0.25, 0.3) is 28.2 Å². The summed E-state index contributed by atoms with van der Waals surface area (Å²) >= 11 is 0. The molecule has 0 amide bonds. The van der Waals surface area contributed by atoms with Crippen LogP contribution in [0, 0.1) is 6.92 Å². The van der Waals surface area contributed by atoms with E-state index in [4.69, 9.17) is 0 Å². The molecule has 27 heavy (non-hydrogen) atoms. The van der Waals surface area contributed by atoms with Gasteiger partial charge in [0.1, 0.15) is 5.75 Å². The van der Waals surface area contributed by atoms with E-state index in [0.29, 0.717) is 16.9 Å². The minimum absolute atomic E-state index is 0.150. The second-order valence-electron chi connectivity index (χ2n) is 6.17. The van der Waals surface area contributed by atoms with Gasteiger partial charge in [-0.1, -0.05) is 12.1 Å². The van der Waals surface area contributed by atoms with E-state index in [1.165, 1.54) is 12.3 Å². The van der Waals surface area contributed by atoms with Crippen molar-refractivity contribution in [2.75, 3.05) is 0 Å². The van der Waals surface area contributed by atoms with Crippen LogP contribution in [0.4, 0.5) is 13.2 Å². The molecule has 136 valence electrons. The normalized spacial score (nSPS) is 11.9. The third-order valence-electron chi connectivity index (χ3n) is 4.31. The molecule has 4 nitrogen and oxygen atoms in total. The summed E-state index contributed by atoms with van der Waals surface area (Å²) < 4.78 is 40.8. The molecule has 1 N–H and O–H groups in total. The molecule has 2 heterocycles. The first-order valence-corrected chi connectivity index (χ1v) is 8.15. The van der Waals surface area contributed by atoms with Crippen LogP contribution in [-0.2, 0) is 6.18 Å². The summed E-state index contributed by atoms with van der Waals surface area (Å²) in [7, 11) is 0. The van der Waals surface area contributed by atoms with Gasteiger partial charge >= 0.3 is 6.18 Å². The molecular formula is C20H14F3N3O. The quantitative estimate of drug-likeness (QED) is 0.535. The fourth-order valence-electron chi connectivity index (χ4n) is 3.04. The minimum Gasteiger partial charge on any atom is -0.508 e. The lowest BCUT2D eigenvalue weighted by Crippen LogP contribution is -2.04. The van der Waals surface area contributed by atoms with E-state index in [-0.39, 0.29) is 5.75 Å². The van der Waals surface area contributed by atoms with Crippen molar-refractivity contribution in [1.29, 1.82) is 0 Å². The van der Waals surface area contributed by atoms with Gasteiger partial charge in [-0.2, -0.15) is 13.2 Å². The number of aromatic hydroxyl groups is 1. The first-order chi connectivity index (χ1) is 12.8. The molecule has 0 aliphatic rings. The topological polar surface area (TPSA) is 50.4 Å². The molecule has 0 bridgehead atoms. The Kier molecular flexibility index (Phi) is 3.87. The van der Waals surface area contributed by atoms with Crippen LogP contribution in [0.2, 0.25) is 0 Å². The zero-order valence-corrected chi connectivity index (χ0v) is 14.2. The van der Waals surface area contributed by atoms with Crippen LogP contribution in [0.3, 0.4) is 0 Å². The molecule has 0 aliphatic carbocycles. The summed E-state index contributed by atoms with van der Waals surface area (Å²) in [6.07, 6.45) is -1.21. The first-order valence-electron chi connectivity index (χ1n) is 8.15. The number of aromatic nitrogens is 3. The van der Waals surface area contributed by atoms with Crippen LogP contribution in [0.5, 0.6) is 5.75 Å². The number of imidazole rings is 1. The lowest BCUT2D eigenvalue weighted by atomic mass is 10.1. The Morgan fingerprint density at radius 2 is 1.74 bits per heavy atom. The maximum absolute atomic E-state index is 13.0. The third-order valence-corrected chi connectivity index (χ3v) is 4.31. The molecule has 2 aromatic heterocycles. The van der Waals surface area contributed by atoms with Gasteiger partial charge in [-0.25, -0.2) is 4.98 Å². The molecule has 0 fully saturated rings. The van der Waals surface area contributed by atoms with E-state index in [1.54, 1.807) is 40.9 Å². The summed E-state index contributed by atoms with van der Waals surface area (Å²) in [5.41, 5.74) is 3.03. The maximum atomic E-state index is 13.0. The smallest absolute Gasteiger partial charge is 0.416 e. The largest absolute Gasteiger partial charge is 0.508 e. The fourth-order valence-corrected chi connectivity index (χ4v) is 3.04. The molecule has 4 aromatic rings. The Morgan fingerprint density at radius 1 is 1.00 bits per heavy atom. The summed E-state index contributed by atoms with van der Waals surface area (Å²) in [5, 5.41) is 9.50. The van der Waals surface area contributed by atoms with Crippen molar-refractivity contribution in [3.8, 4) is 28.3 Å². The van der Waals surface area contributed by atoms with Gasteiger partial charge in [0.15, 0.2) is 5.65 Å². The molecule has 2 aromatic carbocycles. The predicted molar refractivity (Wildman–Crippen MR) is 95.3 cm³/mol. The summed E-state index contributed by atoms with van der Waals surface area (Å²) in [6, 6.07) is 11.7. The average molecular weight is 369 g/mol. The number of phenolic OH excluding ortho intramolecular Hbond substituents is 1. The SMILES string of the molecule is Cc1nc2cnc(-c3cccc(C(F)(F)F)c3)cn2c1-c1ccc(O)cc1. The zero-order valence-electron chi connectivity index (χ0n) is 14.2. The summed E-state index contributed by atoms with van der Waals surface area (Å²) in [6.45, 7) is 1.85. The maximum Gasteiger partial charge on any atom is 0.416 e. The van der Waals surface area contributed by atoms with Crippen LogP contribution in [0.15, 0.2) is 60.9 Å². The second kappa shape index (κ2) is 6.12. The predicted octanol–water partition coefficient (Wildman–Crippen LogP) is 5.10. The standard InChI is InChI=1S/C20H14F3N3O/c1-12-19(13-5-7-16(27)8-6-13)26-11-17(24-10-18(26)25-12)14-3-2-4-15(9-14)20(21,22)23/h2-11,27H,1H3. The van der Waals surface area contributed by atoms with Gasteiger partial charge in [0.05, 0.1) is 28.8 Å². The highest BCUT2D eigenvalue weighted by Crippen LogP contribution is 2.32. The van der Waals surface area contributed by atoms with Gasteiger partial charge in [0.2, 0.25) is 0 Å². The van der Waals surface area contributed by atoms with Crippen molar-refractivity contribution >= 4 is 5.65 Å². The third kappa shape index (κ3) is 3.12. The van der Waals surface area contributed by atoms with Crippen LogP contribution in [-0.4, -0.2) is 19.5 Å². The minimum atomic E-state index is -4.41. The van der Waals surface area contributed by atoms with Gasteiger partial charge in [0, 0.05) is 17.3 Å². The van der Waals surface area contributed by atoms with Crippen molar-refractivity contribution < 1.29 is 18.3 Å². The lowest BCUT2D eigenvalue weighted by Gasteiger charge is -2.09. The highest BCUT2D eigenvalue weighted by molar-refractivity contribution is 5.69. The van der Waals surface area contributed by atoms with Gasteiger partial charge in [-0.05, 0) is 43.3 Å². The van der Waals surface area contributed by atoms with Gasteiger partial charge in [0.25, 0.3) is 0 Å². The van der Waals surface area contributed by atoms with Crippen LogP contribution < -0.4 is 0 Å². The van der Waals surface area contributed by atoms with E-state index in [1.807, 2.05) is 6.92 Å². The number of hydrogen-bond acceptors (Lipinski definition) is 3. The molecule has 0 unspecified atom stereocenters. The second-order valence-corrected chi connectivity index (χ2v) is 6.17. The van der Waals surface area contributed by atoms with Crippen molar-refractivity contribution in [3.63, 3.8) is 0 Å². The van der Waals surface area contributed by atoms with E-state index in [9.17, 15) is 18.3 Å². The Hall–Kier alpha value is -3.35. The number of benzene rings is 2. The lowest BCUT2D eigenvalue weighted by molar-refractivity contribution is -0.137. The van der Waals surface area contributed by atoms with Gasteiger partial charge < -0.3 is 5.11 Å². The van der Waals surface area contributed by atoms with E-state index in [2.05, 4.69) is 9.97 Å². The number of rotatable bonds is 2. The summed E-state index contributed by atoms with van der Waals surface area (Å²) in [4.78, 5) is 8.73. The van der Waals surface area contributed by atoms with E-state index < -0.39 is 11.7 Å². The zero-order chi connectivity index (χ0) is 19.2. The molecule has 0 spiro atoms. The number of hydrogen-bond donors (Lipinski definition) is 1. The van der Waals surface area contributed by atoms with Crippen LogP contribution >= 0.6 is 0 Å². The average Bonchev–Trinajstić information content (AvgIpc) is 2.97. The monoisotopic (exact) mass is 369 g/mol. The number of halogens is 3. The molecule has 0 saturated carbocycles. The van der Waals surface area contributed by atoms with Crippen molar-refractivity contribution in [2.24, 2.45) is 0 Å². The highest BCUT2D eigenvalue weighted by Gasteiger charge is 2.30. The molecule has 0 radical (unpaired) electrons. The number of alkyl halides is 3. The Bertz CT molecular complexity index is 1130. The molecule has 0 aliphatic heterocycles. The Balaban J connectivity index is 1.88. The fraction of sp³-hybridized carbons (Fsp3) is 0.100.